The summed E-state index contributed by atoms with van der Waals surface area (Å²) in [6.45, 7) is 6.97. The fourth-order valence-corrected chi connectivity index (χ4v) is 2.09. The van der Waals surface area contributed by atoms with Gasteiger partial charge in [0.1, 0.15) is 17.9 Å². The number of nitrogens with one attached hydrogen (secondary N) is 1. The molecule has 20 heavy (non-hydrogen) atoms. The largest absolute Gasteiger partial charge is 0.438 e. The Morgan fingerprint density at radius 3 is 2.80 bits per heavy atom. The number of aryl methyl sites for hydroxylation is 1. The molecule has 0 amide bonds. The second-order valence-electron chi connectivity index (χ2n) is 4.59. The number of anilines is 1. The summed E-state index contributed by atoms with van der Waals surface area (Å²) >= 11 is 3.45. The number of benzene rings is 1. The van der Waals surface area contributed by atoms with Crippen LogP contribution in [0.15, 0.2) is 29.0 Å². The minimum absolute atomic E-state index is 0.583. The molecule has 0 radical (unpaired) electrons. The van der Waals surface area contributed by atoms with E-state index in [1.165, 1.54) is 6.33 Å². The summed E-state index contributed by atoms with van der Waals surface area (Å²) in [5, 5.41) is 3.27. The number of ether oxygens (including phenoxy) is 1. The van der Waals surface area contributed by atoms with Crippen LogP contribution in [0.25, 0.3) is 0 Å². The van der Waals surface area contributed by atoms with Gasteiger partial charge in [-0.1, -0.05) is 28.9 Å². The molecule has 0 saturated heterocycles. The number of nitrogens with zero attached hydrogens (tertiary/aromatic N) is 2. The highest BCUT2D eigenvalue weighted by molar-refractivity contribution is 9.10. The van der Waals surface area contributed by atoms with Crippen molar-refractivity contribution in [1.29, 1.82) is 0 Å². The van der Waals surface area contributed by atoms with Crippen LogP contribution in [0.2, 0.25) is 0 Å². The van der Waals surface area contributed by atoms with E-state index in [-0.39, 0.29) is 0 Å². The molecule has 2 rings (SSSR count). The van der Waals surface area contributed by atoms with Gasteiger partial charge < -0.3 is 10.1 Å². The molecule has 2 aromatic rings. The number of hydrogen-bond donors (Lipinski definition) is 1. The van der Waals surface area contributed by atoms with Crippen LogP contribution in [0, 0.1) is 13.8 Å². The van der Waals surface area contributed by atoms with Gasteiger partial charge in [0.2, 0.25) is 5.88 Å². The van der Waals surface area contributed by atoms with Gasteiger partial charge >= 0.3 is 0 Å². The van der Waals surface area contributed by atoms with E-state index in [0.717, 1.165) is 40.1 Å². The molecule has 0 aliphatic carbocycles. The normalized spacial score (nSPS) is 10.4. The Kier molecular flexibility index (Phi) is 4.95. The first-order valence-electron chi connectivity index (χ1n) is 6.61. The standard InChI is InChI=1S/C15H18BrN3O/c1-4-7-17-14-11(3)15(19-9-18-14)20-13-8-12(16)6-5-10(13)2/h5-6,8-9H,4,7H2,1-3H3,(H,17,18,19). The third-order valence-corrected chi connectivity index (χ3v) is 3.43. The Balaban J connectivity index is 2.27. The molecule has 0 aliphatic rings. The van der Waals surface area contributed by atoms with E-state index in [0.29, 0.717) is 5.88 Å². The number of hydrogen-bond acceptors (Lipinski definition) is 4. The predicted molar refractivity (Wildman–Crippen MR) is 84.5 cm³/mol. The molecule has 0 atom stereocenters. The Hall–Kier alpha value is -1.62. The van der Waals surface area contributed by atoms with Crippen molar-refractivity contribution in [2.24, 2.45) is 0 Å². The summed E-state index contributed by atoms with van der Waals surface area (Å²) in [5.74, 6) is 2.20. The Morgan fingerprint density at radius 2 is 2.05 bits per heavy atom. The maximum absolute atomic E-state index is 5.92. The second kappa shape index (κ2) is 6.70. The van der Waals surface area contributed by atoms with E-state index in [9.17, 15) is 0 Å². The van der Waals surface area contributed by atoms with Crippen LogP contribution >= 0.6 is 15.9 Å². The highest BCUT2D eigenvalue weighted by Gasteiger charge is 2.10. The topological polar surface area (TPSA) is 47.0 Å². The van der Waals surface area contributed by atoms with Crippen LogP contribution in [0.1, 0.15) is 24.5 Å². The monoisotopic (exact) mass is 335 g/mol. The molecule has 0 unspecified atom stereocenters. The van der Waals surface area contributed by atoms with Gasteiger partial charge in [0, 0.05) is 11.0 Å². The SMILES string of the molecule is CCCNc1ncnc(Oc2cc(Br)ccc2C)c1C. The Morgan fingerprint density at radius 1 is 1.25 bits per heavy atom. The smallest absolute Gasteiger partial charge is 0.227 e. The third-order valence-electron chi connectivity index (χ3n) is 2.94. The quantitative estimate of drug-likeness (QED) is 0.875. The summed E-state index contributed by atoms with van der Waals surface area (Å²) in [6.07, 6.45) is 2.57. The minimum atomic E-state index is 0.583. The third kappa shape index (κ3) is 3.48. The lowest BCUT2D eigenvalue weighted by Crippen LogP contribution is -2.05. The van der Waals surface area contributed by atoms with Gasteiger partial charge in [-0.3, -0.25) is 0 Å². The van der Waals surface area contributed by atoms with Crippen molar-refractivity contribution in [3.63, 3.8) is 0 Å². The van der Waals surface area contributed by atoms with Gasteiger partial charge in [-0.2, -0.15) is 0 Å². The first kappa shape index (κ1) is 14.8. The van der Waals surface area contributed by atoms with Gasteiger partial charge in [0.15, 0.2) is 0 Å². The first-order valence-corrected chi connectivity index (χ1v) is 7.40. The lowest BCUT2D eigenvalue weighted by Gasteiger charge is -2.13. The van der Waals surface area contributed by atoms with Crippen LogP contribution in [0.3, 0.4) is 0 Å². The van der Waals surface area contributed by atoms with Crippen molar-refractivity contribution < 1.29 is 4.74 Å². The van der Waals surface area contributed by atoms with E-state index in [1.807, 2.05) is 32.0 Å². The summed E-state index contributed by atoms with van der Waals surface area (Å²) in [7, 11) is 0. The van der Waals surface area contributed by atoms with E-state index in [1.54, 1.807) is 0 Å². The molecule has 5 heteroatoms. The Bertz CT molecular complexity index is 602. The van der Waals surface area contributed by atoms with Crippen LogP contribution in [-0.2, 0) is 0 Å². The molecule has 1 aromatic heterocycles. The van der Waals surface area contributed by atoms with Gasteiger partial charge in [-0.25, -0.2) is 9.97 Å². The van der Waals surface area contributed by atoms with Crippen molar-refractivity contribution >= 4 is 21.7 Å². The summed E-state index contributed by atoms with van der Waals surface area (Å²) in [6, 6.07) is 5.94. The zero-order valence-electron chi connectivity index (χ0n) is 11.9. The van der Waals surface area contributed by atoms with Gasteiger partial charge in [-0.05, 0) is 38.0 Å². The van der Waals surface area contributed by atoms with Crippen molar-refractivity contribution in [1.82, 2.24) is 9.97 Å². The van der Waals surface area contributed by atoms with Crippen LogP contribution in [0.4, 0.5) is 5.82 Å². The lowest BCUT2D eigenvalue weighted by molar-refractivity contribution is 0.454. The van der Waals surface area contributed by atoms with Crippen molar-refractivity contribution in [3.8, 4) is 11.6 Å². The highest BCUT2D eigenvalue weighted by atomic mass is 79.9. The van der Waals surface area contributed by atoms with E-state index in [2.05, 4.69) is 38.1 Å². The van der Waals surface area contributed by atoms with Gasteiger partial charge in [0.05, 0.1) is 5.56 Å². The molecule has 1 N–H and O–H groups in total. The van der Waals surface area contributed by atoms with Crippen LogP contribution in [0.5, 0.6) is 11.6 Å². The van der Waals surface area contributed by atoms with Crippen molar-refractivity contribution in [3.05, 3.63) is 40.1 Å². The molecule has 1 aromatic carbocycles. The van der Waals surface area contributed by atoms with E-state index < -0.39 is 0 Å². The fraction of sp³-hybridized carbons (Fsp3) is 0.333. The van der Waals surface area contributed by atoms with Gasteiger partial charge in [0.25, 0.3) is 0 Å². The zero-order chi connectivity index (χ0) is 14.5. The summed E-state index contributed by atoms with van der Waals surface area (Å²) in [4.78, 5) is 8.47. The first-order chi connectivity index (χ1) is 9.61. The molecular weight excluding hydrogens is 318 g/mol. The fourth-order valence-electron chi connectivity index (χ4n) is 1.75. The molecule has 0 fully saturated rings. The average molecular weight is 336 g/mol. The molecular formula is C15H18BrN3O. The maximum Gasteiger partial charge on any atom is 0.227 e. The summed E-state index contributed by atoms with van der Waals surface area (Å²) in [5.41, 5.74) is 1.98. The average Bonchev–Trinajstić information content (AvgIpc) is 2.44. The molecule has 0 aliphatic heterocycles. The van der Waals surface area contributed by atoms with Crippen molar-refractivity contribution in [2.45, 2.75) is 27.2 Å². The number of halogens is 1. The molecule has 106 valence electrons. The molecule has 0 spiro atoms. The van der Waals surface area contributed by atoms with Gasteiger partial charge in [-0.15, -0.1) is 0 Å². The maximum atomic E-state index is 5.92. The van der Waals surface area contributed by atoms with E-state index >= 15 is 0 Å². The molecule has 0 saturated carbocycles. The molecule has 1 heterocycles. The number of aromatic nitrogens is 2. The van der Waals surface area contributed by atoms with Crippen LogP contribution in [-0.4, -0.2) is 16.5 Å². The lowest BCUT2D eigenvalue weighted by atomic mass is 10.2. The molecule has 4 nitrogen and oxygen atoms in total. The predicted octanol–water partition coefficient (Wildman–Crippen LogP) is 4.47. The minimum Gasteiger partial charge on any atom is -0.438 e. The van der Waals surface area contributed by atoms with E-state index in [4.69, 9.17) is 4.74 Å². The van der Waals surface area contributed by atoms with Crippen molar-refractivity contribution in [2.75, 3.05) is 11.9 Å². The molecule has 0 bridgehead atoms. The second-order valence-corrected chi connectivity index (χ2v) is 5.51. The number of rotatable bonds is 5. The Labute approximate surface area is 127 Å². The van der Waals surface area contributed by atoms with Crippen LogP contribution < -0.4 is 10.1 Å². The highest BCUT2D eigenvalue weighted by Crippen LogP contribution is 2.30. The summed E-state index contributed by atoms with van der Waals surface area (Å²) < 4.78 is 6.90. The zero-order valence-corrected chi connectivity index (χ0v) is 13.5.